The molecule has 2 aliphatic heterocycles. The Labute approximate surface area is 195 Å². The van der Waals surface area contributed by atoms with Crippen molar-refractivity contribution in [1.29, 1.82) is 0 Å². The van der Waals surface area contributed by atoms with Gasteiger partial charge in [-0.05, 0) is 43.0 Å². The van der Waals surface area contributed by atoms with Crippen LogP contribution in [0.5, 0.6) is 0 Å². The lowest BCUT2D eigenvalue weighted by atomic mass is 10.1. The van der Waals surface area contributed by atoms with Gasteiger partial charge >= 0.3 is 6.03 Å². The van der Waals surface area contributed by atoms with Crippen LogP contribution in [0.1, 0.15) is 39.9 Å². The highest BCUT2D eigenvalue weighted by Gasteiger charge is 2.24. The van der Waals surface area contributed by atoms with Gasteiger partial charge in [-0.1, -0.05) is 42.0 Å². The van der Waals surface area contributed by atoms with E-state index in [9.17, 15) is 14.4 Å². The normalized spacial score (nSPS) is 16.1. The number of piperazine rings is 1. The third-order valence-electron chi connectivity index (χ3n) is 6.41. The molecule has 0 aromatic heterocycles. The summed E-state index contributed by atoms with van der Waals surface area (Å²) in [6.45, 7) is 6.14. The van der Waals surface area contributed by atoms with Crippen LogP contribution in [0.15, 0.2) is 48.5 Å². The van der Waals surface area contributed by atoms with E-state index in [1.54, 1.807) is 4.90 Å². The zero-order valence-corrected chi connectivity index (χ0v) is 19.3. The lowest BCUT2D eigenvalue weighted by Crippen LogP contribution is -2.53. The Bertz CT molecular complexity index is 991. The van der Waals surface area contributed by atoms with Crippen molar-refractivity contribution in [1.82, 2.24) is 20.0 Å². The molecule has 2 heterocycles. The number of urea groups is 1. The fourth-order valence-corrected chi connectivity index (χ4v) is 4.36. The van der Waals surface area contributed by atoms with E-state index < -0.39 is 0 Å². The fraction of sp³-hybridized carbons (Fsp3) is 0.423. The van der Waals surface area contributed by atoms with E-state index >= 15 is 0 Å². The zero-order chi connectivity index (χ0) is 23.2. The average molecular weight is 449 g/mol. The van der Waals surface area contributed by atoms with E-state index in [2.05, 4.69) is 5.32 Å². The van der Waals surface area contributed by atoms with E-state index in [1.807, 2.05) is 65.3 Å². The minimum absolute atomic E-state index is 0.0621. The number of hydrogen-bond acceptors (Lipinski definition) is 3. The van der Waals surface area contributed by atoms with Crippen LogP contribution in [-0.4, -0.2) is 71.8 Å². The maximum Gasteiger partial charge on any atom is 0.317 e. The van der Waals surface area contributed by atoms with Crippen LogP contribution in [0.2, 0.25) is 0 Å². The summed E-state index contributed by atoms with van der Waals surface area (Å²) >= 11 is 0. The Hall–Kier alpha value is -3.35. The van der Waals surface area contributed by atoms with E-state index in [1.165, 1.54) is 5.56 Å². The predicted octanol–water partition coefficient (Wildman–Crippen LogP) is 2.83. The van der Waals surface area contributed by atoms with E-state index in [0.29, 0.717) is 44.7 Å². The van der Waals surface area contributed by atoms with Crippen molar-refractivity contribution in [3.05, 3.63) is 70.8 Å². The number of likely N-dealkylation sites (tertiary alicyclic amines) is 1. The van der Waals surface area contributed by atoms with E-state index in [-0.39, 0.29) is 17.8 Å². The van der Waals surface area contributed by atoms with Crippen LogP contribution >= 0.6 is 0 Å². The van der Waals surface area contributed by atoms with Crippen molar-refractivity contribution in [2.24, 2.45) is 0 Å². The molecule has 2 aromatic rings. The number of amides is 4. The third kappa shape index (κ3) is 5.92. The van der Waals surface area contributed by atoms with Gasteiger partial charge in [0.15, 0.2) is 0 Å². The molecule has 2 fully saturated rings. The highest BCUT2D eigenvalue weighted by Crippen LogP contribution is 2.14. The molecule has 7 heteroatoms. The minimum Gasteiger partial charge on any atom is -0.339 e. The number of benzene rings is 2. The molecule has 2 saturated heterocycles. The molecule has 0 aliphatic carbocycles. The molecule has 4 amide bonds. The molecule has 0 atom stereocenters. The predicted molar refractivity (Wildman–Crippen MR) is 127 cm³/mol. The van der Waals surface area contributed by atoms with Crippen LogP contribution in [0.25, 0.3) is 0 Å². The topological polar surface area (TPSA) is 73.0 Å². The molecule has 0 saturated carbocycles. The number of rotatable bonds is 5. The molecule has 7 nitrogen and oxygen atoms in total. The third-order valence-corrected chi connectivity index (χ3v) is 6.41. The number of nitrogens with one attached hydrogen (secondary N) is 1. The highest BCUT2D eigenvalue weighted by atomic mass is 16.2. The van der Waals surface area contributed by atoms with Gasteiger partial charge in [0.2, 0.25) is 5.91 Å². The zero-order valence-electron chi connectivity index (χ0n) is 19.3. The maximum atomic E-state index is 12.6. The number of hydrogen-bond donors (Lipinski definition) is 1. The first kappa shape index (κ1) is 22.8. The van der Waals surface area contributed by atoms with Crippen molar-refractivity contribution in [2.75, 3.05) is 39.3 Å². The molecule has 33 heavy (non-hydrogen) atoms. The second-order valence-corrected chi connectivity index (χ2v) is 8.89. The highest BCUT2D eigenvalue weighted by molar-refractivity contribution is 5.94. The summed E-state index contributed by atoms with van der Waals surface area (Å²) in [6, 6.07) is 15.4. The second kappa shape index (κ2) is 10.5. The van der Waals surface area contributed by atoms with Gasteiger partial charge in [0, 0.05) is 51.4 Å². The van der Waals surface area contributed by atoms with Crippen LogP contribution < -0.4 is 5.32 Å². The SMILES string of the molecule is Cc1ccc(CC(=O)N2CCN(C(=O)NCc3cccc(C(=O)N4CCCC4)c3)CC2)cc1. The molecule has 2 aromatic carbocycles. The molecular formula is C26H32N4O3. The Morgan fingerprint density at radius 3 is 2.15 bits per heavy atom. The van der Waals surface area contributed by atoms with Gasteiger partial charge in [-0.25, -0.2) is 4.79 Å². The monoisotopic (exact) mass is 448 g/mol. The molecule has 0 bridgehead atoms. The summed E-state index contributed by atoms with van der Waals surface area (Å²) in [5.41, 5.74) is 3.76. The van der Waals surface area contributed by atoms with E-state index in [0.717, 1.165) is 37.1 Å². The van der Waals surface area contributed by atoms with Gasteiger partial charge in [0.1, 0.15) is 0 Å². The first-order valence-corrected chi connectivity index (χ1v) is 11.7. The van der Waals surface area contributed by atoms with Gasteiger partial charge in [0.05, 0.1) is 6.42 Å². The molecule has 0 unspecified atom stereocenters. The summed E-state index contributed by atoms with van der Waals surface area (Å²) < 4.78 is 0. The molecule has 4 rings (SSSR count). The van der Waals surface area contributed by atoms with Crippen LogP contribution in [0, 0.1) is 6.92 Å². The lowest BCUT2D eigenvalue weighted by molar-refractivity contribution is -0.131. The van der Waals surface area contributed by atoms with Gasteiger partial charge in [-0.2, -0.15) is 0 Å². The van der Waals surface area contributed by atoms with Crippen molar-refractivity contribution >= 4 is 17.8 Å². The Balaban J connectivity index is 1.23. The molecular weight excluding hydrogens is 416 g/mol. The molecule has 0 radical (unpaired) electrons. The van der Waals surface area contributed by atoms with E-state index in [4.69, 9.17) is 0 Å². The van der Waals surface area contributed by atoms with Crippen LogP contribution in [0.4, 0.5) is 4.79 Å². The van der Waals surface area contributed by atoms with Crippen molar-refractivity contribution in [3.8, 4) is 0 Å². The number of carbonyl (C=O) groups excluding carboxylic acids is 3. The Kier molecular flexibility index (Phi) is 7.27. The first-order valence-electron chi connectivity index (χ1n) is 11.7. The summed E-state index contributed by atoms with van der Waals surface area (Å²) in [5, 5.41) is 2.95. The van der Waals surface area contributed by atoms with Crippen LogP contribution in [0.3, 0.4) is 0 Å². The van der Waals surface area contributed by atoms with Crippen molar-refractivity contribution in [3.63, 3.8) is 0 Å². The number of nitrogens with zero attached hydrogens (tertiary/aromatic N) is 3. The molecule has 174 valence electrons. The first-order chi connectivity index (χ1) is 16.0. The van der Waals surface area contributed by atoms with Crippen LogP contribution in [-0.2, 0) is 17.8 Å². The standard InChI is InChI=1S/C26H32N4O3/c1-20-7-9-21(10-8-20)18-24(31)28-13-15-30(16-14-28)26(33)27-19-22-5-4-6-23(17-22)25(32)29-11-2-3-12-29/h4-10,17H,2-3,11-16,18-19H2,1H3,(H,27,33). The second-order valence-electron chi connectivity index (χ2n) is 8.89. The summed E-state index contributed by atoms with van der Waals surface area (Å²) in [4.78, 5) is 43.3. The average Bonchev–Trinajstić information content (AvgIpc) is 3.39. The van der Waals surface area contributed by atoms with Gasteiger partial charge in [-0.15, -0.1) is 0 Å². The molecule has 1 N–H and O–H groups in total. The lowest BCUT2D eigenvalue weighted by Gasteiger charge is -2.34. The van der Waals surface area contributed by atoms with Gasteiger partial charge < -0.3 is 20.0 Å². The fourth-order valence-electron chi connectivity index (χ4n) is 4.36. The summed E-state index contributed by atoms with van der Waals surface area (Å²) in [7, 11) is 0. The maximum absolute atomic E-state index is 12.6. The van der Waals surface area contributed by atoms with Gasteiger partial charge in [-0.3, -0.25) is 9.59 Å². The smallest absolute Gasteiger partial charge is 0.317 e. The largest absolute Gasteiger partial charge is 0.339 e. The van der Waals surface area contributed by atoms with Crippen molar-refractivity contribution < 1.29 is 14.4 Å². The quantitative estimate of drug-likeness (QED) is 0.765. The van der Waals surface area contributed by atoms with Crippen molar-refractivity contribution in [2.45, 2.75) is 32.7 Å². The molecule has 0 spiro atoms. The summed E-state index contributed by atoms with van der Waals surface area (Å²) in [5.74, 6) is 0.158. The Morgan fingerprint density at radius 2 is 1.45 bits per heavy atom. The number of carbonyl (C=O) groups is 3. The van der Waals surface area contributed by atoms with Gasteiger partial charge in [0.25, 0.3) is 5.91 Å². The summed E-state index contributed by atoms with van der Waals surface area (Å²) in [6.07, 6.45) is 2.51. The minimum atomic E-state index is -0.142. The number of aryl methyl sites for hydroxylation is 1. The Morgan fingerprint density at radius 1 is 0.788 bits per heavy atom. The molecule has 2 aliphatic rings.